The van der Waals surface area contributed by atoms with E-state index in [1.54, 1.807) is 37.3 Å². The van der Waals surface area contributed by atoms with Gasteiger partial charge in [-0.3, -0.25) is 14.9 Å². The van der Waals surface area contributed by atoms with Crippen LogP contribution in [0.5, 0.6) is 11.5 Å². The number of methoxy groups -OCH3 is 1. The molecule has 1 heterocycles. The van der Waals surface area contributed by atoms with Gasteiger partial charge in [0.05, 0.1) is 23.9 Å². The zero-order valence-electron chi connectivity index (χ0n) is 19.1. The SMILES string of the molecule is CCOc1cc(/C=C2\C(=O)NC(=O)N(c3ccc(C)c(C)c3)C2=O)cc(Br)c1OCC(=O)OC. The summed E-state index contributed by atoms with van der Waals surface area (Å²) in [5.74, 6) is -1.58. The van der Waals surface area contributed by atoms with Crippen molar-refractivity contribution in [2.75, 3.05) is 25.2 Å². The number of anilines is 1. The second-order valence-electron chi connectivity index (χ2n) is 7.35. The third-order valence-electron chi connectivity index (χ3n) is 5.06. The van der Waals surface area contributed by atoms with Crippen LogP contribution in [0.3, 0.4) is 0 Å². The summed E-state index contributed by atoms with van der Waals surface area (Å²) in [6.07, 6.45) is 1.36. The molecule has 1 saturated heterocycles. The van der Waals surface area contributed by atoms with Crippen molar-refractivity contribution in [2.45, 2.75) is 20.8 Å². The smallest absolute Gasteiger partial charge is 0.343 e. The molecule has 0 saturated carbocycles. The lowest BCUT2D eigenvalue weighted by Crippen LogP contribution is -2.54. The Labute approximate surface area is 204 Å². The molecule has 0 spiro atoms. The number of hydrogen-bond donors (Lipinski definition) is 1. The zero-order chi connectivity index (χ0) is 25.0. The summed E-state index contributed by atoms with van der Waals surface area (Å²) >= 11 is 3.37. The molecular weight excluding hydrogens is 508 g/mol. The molecule has 2 aromatic rings. The minimum atomic E-state index is -0.821. The first-order valence-corrected chi connectivity index (χ1v) is 11.1. The van der Waals surface area contributed by atoms with Gasteiger partial charge in [0.25, 0.3) is 11.8 Å². The number of carbonyl (C=O) groups excluding carboxylic acids is 4. The highest BCUT2D eigenvalue weighted by molar-refractivity contribution is 9.10. The van der Waals surface area contributed by atoms with Gasteiger partial charge in [-0.05, 0) is 83.7 Å². The molecule has 10 heteroatoms. The number of amides is 4. The molecule has 1 fully saturated rings. The molecule has 9 nitrogen and oxygen atoms in total. The van der Waals surface area contributed by atoms with Gasteiger partial charge in [0.15, 0.2) is 18.1 Å². The van der Waals surface area contributed by atoms with E-state index >= 15 is 0 Å². The van der Waals surface area contributed by atoms with Gasteiger partial charge in [-0.1, -0.05) is 6.07 Å². The molecule has 4 amide bonds. The van der Waals surface area contributed by atoms with Gasteiger partial charge in [-0.15, -0.1) is 0 Å². The molecule has 3 rings (SSSR count). The fourth-order valence-electron chi connectivity index (χ4n) is 3.19. The summed E-state index contributed by atoms with van der Waals surface area (Å²) in [6, 6.07) is 7.48. The molecule has 1 N–H and O–H groups in total. The topological polar surface area (TPSA) is 111 Å². The van der Waals surface area contributed by atoms with Crippen LogP contribution in [0.4, 0.5) is 10.5 Å². The van der Waals surface area contributed by atoms with Crippen molar-refractivity contribution in [1.82, 2.24) is 5.32 Å². The number of carbonyl (C=O) groups is 4. The number of nitrogens with zero attached hydrogens (tertiary/aromatic N) is 1. The summed E-state index contributed by atoms with van der Waals surface area (Å²) in [5.41, 5.74) is 2.47. The standard InChI is InChI=1S/C24H23BrN2O7/c1-5-33-19-11-15(10-18(25)21(19)34-12-20(28)32-4)9-17-22(29)26-24(31)27(23(17)30)16-7-6-13(2)14(3)8-16/h6-11H,5,12H2,1-4H3,(H,26,29,31)/b17-9+. The summed E-state index contributed by atoms with van der Waals surface area (Å²) in [7, 11) is 1.25. The van der Waals surface area contributed by atoms with E-state index in [9.17, 15) is 19.2 Å². The Bertz CT molecular complexity index is 1210. The monoisotopic (exact) mass is 530 g/mol. The van der Waals surface area contributed by atoms with Crippen LogP contribution in [0, 0.1) is 13.8 Å². The Morgan fingerprint density at radius 3 is 2.47 bits per heavy atom. The molecule has 2 aromatic carbocycles. The Morgan fingerprint density at radius 2 is 1.82 bits per heavy atom. The number of ether oxygens (including phenoxy) is 3. The molecule has 1 aliphatic rings. The van der Waals surface area contributed by atoms with Gasteiger partial charge in [0.1, 0.15) is 5.57 Å². The Balaban J connectivity index is 2.00. The second kappa shape index (κ2) is 10.5. The molecule has 34 heavy (non-hydrogen) atoms. The van der Waals surface area contributed by atoms with Crippen LogP contribution in [0.2, 0.25) is 0 Å². The Hall–Kier alpha value is -3.66. The van der Waals surface area contributed by atoms with Crippen LogP contribution < -0.4 is 19.7 Å². The number of barbiturate groups is 1. The van der Waals surface area contributed by atoms with E-state index in [2.05, 4.69) is 26.0 Å². The van der Waals surface area contributed by atoms with Crippen LogP contribution in [0.15, 0.2) is 40.4 Å². The van der Waals surface area contributed by atoms with Gasteiger partial charge in [-0.25, -0.2) is 14.5 Å². The van der Waals surface area contributed by atoms with E-state index in [0.29, 0.717) is 28.1 Å². The summed E-state index contributed by atoms with van der Waals surface area (Å²) < 4.78 is 16.1. The second-order valence-corrected chi connectivity index (χ2v) is 8.21. The number of benzene rings is 2. The van der Waals surface area contributed by atoms with Crippen molar-refractivity contribution < 1.29 is 33.4 Å². The van der Waals surface area contributed by atoms with Crippen molar-refractivity contribution in [1.29, 1.82) is 0 Å². The Kier molecular flexibility index (Phi) is 7.72. The minimum absolute atomic E-state index is 0.226. The highest BCUT2D eigenvalue weighted by Gasteiger charge is 2.37. The first kappa shape index (κ1) is 25.0. The number of hydrogen-bond acceptors (Lipinski definition) is 7. The minimum Gasteiger partial charge on any atom is -0.490 e. The molecule has 1 aliphatic heterocycles. The molecule has 0 unspecified atom stereocenters. The third-order valence-corrected chi connectivity index (χ3v) is 5.64. The average Bonchev–Trinajstić information content (AvgIpc) is 2.78. The molecule has 0 radical (unpaired) electrons. The molecule has 0 atom stereocenters. The predicted octanol–water partition coefficient (Wildman–Crippen LogP) is 3.68. The fourth-order valence-corrected chi connectivity index (χ4v) is 3.76. The first-order chi connectivity index (χ1) is 16.2. The van der Waals surface area contributed by atoms with Crippen LogP contribution in [0.25, 0.3) is 6.08 Å². The maximum atomic E-state index is 13.2. The van der Waals surface area contributed by atoms with E-state index in [1.165, 1.54) is 13.2 Å². The van der Waals surface area contributed by atoms with E-state index in [1.807, 2.05) is 13.8 Å². The van der Waals surface area contributed by atoms with Crippen LogP contribution in [0.1, 0.15) is 23.6 Å². The summed E-state index contributed by atoms with van der Waals surface area (Å²) in [5, 5.41) is 2.21. The largest absolute Gasteiger partial charge is 0.490 e. The molecule has 0 aromatic heterocycles. The van der Waals surface area contributed by atoms with Gasteiger partial charge >= 0.3 is 12.0 Å². The van der Waals surface area contributed by atoms with Gasteiger partial charge in [0.2, 0.25) is 0 Å². The van der Waals surface area contributed by atoms with Crippen molar-refractivity contribution in [2.24, 2.45) is 0 Å². The van der Waals surface area contributed by atoms with Crippen molar-refractivity contribution in [3.8, 4) is 11.5 Å². The van der Waals surface area contributed by atoms with Crippen LogP contribution in [-0.4, -0.2) is 44.1 Å². The quantitative estimate of drug-likeness (QED) is 0.330. The maximum absolute atomic E-state index is 13.2. The number of esters is 1. The number of aryl methyl sites for hydroxylation is 2. The van der Waals surface area contributed by atoms with E-state index in [4.69, 9.17) is 9.47 Å². The van der Waals surface area contributed by atoms with E-state index < -0.39 is 23.8 Å². The number of imide groups is 2. The summed E-state index contributed by atoms with van der Waals surface area (Å²) in [6.45, 7) is 5.52. The molecule has 0 bridgehead atoms. The van der Waals surface area contributed by atoms with E-state index in [0.717, 1.165) is 16.0 Å². The van der Waals surface area contributed by atoms with E-state index in [-0.39, 0.29) is 17.9 Å². The lowest BCUT2D eigenvalue weighted by molar-refractivity contribution is -0.143. The third kappa shape index (κ3) is 5.28. The van der Waals surface area contributed by atoms with Crippen molar-refractivity contribution in [3.05, 3.63) is 57.1 Å². The highest BCUT2D eigenvalue weighted by atomic mass is 79.9. The Morgan fingerprint density at radius 1 is 1.09 bits per heavy atom. The predicted molar refractivity (Wildman–Crippen MR) is 128 cm³/mol. The maximum Gasteiger partial charge on any atom is 0.343 e. The molecule has 178 valence electrons. The zero-order valence-corrected chi connectivity index (χ0v) is 20.6. The first-order valence-electron chi connectivity index (χ1n) is 10.3. The summed E-state index contributed by atoms with van der Waals surface area (Å²) in [4.78, 5) is 50.5. The lowest BCUT2D eigenvalue weighted by atomic mass is 10.0. The number of nitrogens with one attached hydrogen (secondary N) is 1. The number of rotatable bonds is 7. The van der Waals surface area contributed by atoms with Gasteiger partial charge < -0.3 is 14.2 Å². The highest BCUT2D eigenvalue weighted by Crippen LogP contribution is 2.38. The van der Waals surface area contributed by atoms with Crippen molar-refractivity contribution >= 4 is 51.5 Å². The normalized spacial score (nSPS) is 14.8. The molecule has 0 aliphatic carbocycles. The van der Waals surface area contributed by atoms with Gasteiger partial charge in [0, 0.05) is 0 Å². The lowest BCUT2D eigenvalue weighted by Gasteiger charge is -2.27. The van der Waals surface area contributed by atoms with Crippen molar-refractivity contribution in [3.63, 3.8) is 0 Å². The average molecular weight is 531 g/mol. The fraction of sp³-hybridized carbons (Fsp3) is 0.250. The number of halogens is 1. The van der Waals surface area contributed by atoms with Gasteiger partial charge in [-0.2, -0.15) is 0 Å². The molecular formula is C24H23BrN2O7. The van der Waals surface area contributed by atoms with Crippen LogP contribution in [-0.2, 0) is 19.1 Å². The number of urea groups is 1. The van der Waals surface area contributed by atoms with Crippen LogP contribution >= 0.6 is 15.9 Å².